The summed E-state index contributed by atoms with van der Waals surface area (Å²) in [6.07, 6.45) is 0. The van der Waals surface area contributed by atoms with Crippen molar-refractivity contribution >= 4 is 33.2 Å². The maximum atomic E-state index is 12.9. The number of benzene rings is 2. The summed E-state index contributed by atoms with van der Waals surface area (Å²) in [5.41, 5.74) is 2.74. The number of anilines is 1. The molecule has 1 N–H and O–H groups in total. The quantitative estimate of drug-likeness (QED) is 0.729. The lowest BCUT2D eigenvalue weighted by atomic mass is 10.0. The van der Waals surface area contributed by atoms with Gasteiger partial charge < -0.3 is 5.32 Å². The number of halogens is 1. The number of nitrogens with one attached hydrogen (secondary N) is 1. The molecular weight excluding hydrogens is 422 g/mol. The number of carbonyl (C=O) groups excluding carboxylic acids is 1. The summed E-state index contributed by atoms with van der Waals surface area (Å²) < 4.78 is 27.3. The number of piperazine rings is 1. The normalized spacial score (nSPS) is 16.0. The number of nitrogens with zero attached hydrogens (tertiary/aromatic N) is 2. The Kier molecular flexibility index (Phi) is 7.18. The molecule has 0 saturated carbocycles. The van der Waals surface area contributed by atoms with Crippen LogP contribution in [-0.2, 0) is 14.8 Å². The van der Waals surface area contributed by atoms with Crippen molar-refractivity contribution in [3.8, 4) is 0 Å². The number of rotatable bonds is 6. The smallest absolute Gasteiger partial charge is 0.243 e. The van der Waals surface area contributed by atoms with E-state index in [1.54, 1.807) is 24.3 Å². The van der Waals surface area contributed by atoms with Crippen LogP contribution >= 0.6 is 11.6 Å². The average molecular weight is 450 g/mol. The van der Waals surface area contributed by atoms with E-state index in [9.17, 15) is 13.2 Å². The van der Waals surface area contributed by atoms with Crippen LogP contribution in [0.5, 0.6) is 0 Å². The molecule has 162 valence electrons. The SMILES string of the molecule is Cc1ccc(Cl)cc1NC(=O)CN1CCN(S(=O)(=O)c2ccc(C(C)C)cc2)CC1. The first-order valence-electron chi connectivity index (χ1n) is 10.1. The van der Waals surface area contributed by atoms with E-state index in [1.165, 1.54) is 4.31 Å². The fourth-order valence-electron chi connectivity index (χ4n) is 3.42. The van der Waals surface area contributed by atoms with Gasteiger partial charge in [-0.25, -0.2) is 8.42 Å². The summed E-state index contributed by atoms with van der Waals surface area (Å²) in [7, 11) is -3.52. The molecule has 0 unspecified atom stereocenters. The van der Waals surface area contributed by atoms with Gasteiger partial charge in [-0.1, -0.05) is 43.6 Å². The third-order valence-electron chi connectivity index (χ3n) is 5.36. The van der Waals surface area contributed by atoms with E-state index in [0.29, 0.717) is 47.7 Å². The second kappa shape index (κ2) is 9.47. The Morgan fingerprint density at radius 3 is 2.30 bits per heavy atom. The molecule has 0 aliphatic carbocycles. The van der Waals surface area contributed by atoms with Crippen LogP contribution < -0.4 is 5.32 Å². The zero-order chi connectivity index (χ0) is 21.9. The van der Waals surface area contributed by atoms with Gasteiger partial charge in [-0.2, -0.15) is 4.31 Å². The van der Waals surface area contributed by atoms with Gasteiger partial charge in [-0.05, 0) is 48.2 Å². The summed E-state index contributed by atoms with van der Waals surface area (Å²) >= 11 is 6.00. The number of sulfonamides is 1. The summed E-state index contributed by atoms with van der Waals surface area (Å²) in [4.78, 5) is 14.7. The van der Waals surface area contributed by atoms with Crippen LogP contribution in [0.2, 0.25) is 5.02 Å². The summed E-state index contributed by atoms with van der Waals surface area (Å²) in [5, 5.41) is 3.45. The second-order valence-corrected chi connectivity index (χ2v) is 10.3. The summed E-state index contributed by atoms with van der Waals surface area (Å²) in [6, 6.07) is 12.5. The summed E-state index contributed by atoms with van der Waals surface area (Å²) in [5.74, 6) is 0.216. The second-order valence-electron chi connectivity index (χ2n) is 7.91. The van der Waals surface area contributed by atoms with Crippen LogP contribution in [-0.4, -0.2) is 56.3 Å². The standard InChI is InChI=1S/C22H28ClN3O3S/c1-16(2)18-5-8-20(9-6-18)30(28,29)26-12-10-25(11-13-26)15-22(27)24-21-14-19(23)7-4-17(21)3/h4-9,14,16H,10-13,15H2,1-3H3,(H,24,27). The van der Waals surface area contributed by atoms with E-state index < -0.39 is 10.0 Å². The van der Waals surface area contributed by atoms with E-state index in [2.05, 4.69) is 19.2 Å². The number of aryl methyl sites for hydroxylation is 1. The average Bonchev–Trinajstić information content (AvgIpc) is 2.71. The van der Waals surface area contributed by atoms with Gasteiger partial charge in [-0.3, -0.25) is 9.69 Å². The third kappa shape index (κ3) is 5.40. The lowest BCUT2D eigenvalue weighted by Gasteiger charge is -2.33. The van der Waals surface area contributed by atoms with Gasteiger partial charge in [-0.15, -0.1) is 0 Å². The lowest BCUT2D eigenvalue weighted by Crippen LogP contribution is -2.50. The Balaban J connectivity index is 1.56. The fraction of sp³-hybridized carbons (Fsp3) is 0.409. The minimum absolute atomic E-state index is 0.138. The highest BCUT2D eigenvalue weighted by Crippen LogP contribution is 2.22. The molecule has 0 aromatic heterocycles. The molecular formula is C22H28ClN3O3S. The van der Waals surface area contributed by atoms with Crippen molar-refractivity contribution < 1.29 is 13.2 Å². The molecule has 30 heavy (non-hydrogen) atoms. The molecule has 1 saturated heterocycles. The van der Waals surface area contributed by atoms with Gasteiger partial charge in [0.15, 0.2) is 0 Å². The predicted molar refractivity (Wildman–Crippen MR) is 121 cm³/mol. The molecule has 0 atom stereocenters. The first-order valence-corrected chi connectivity index (χ1v) is 11.9. The van der Waals surface area contributed by atoms with Crippen LogP contribution in [0.4, 0.5) is 5.69 Å². The predicted octanol–water partition coefficient (Wildman–Crippen LogP) is 3.72. The highest BCUT2D eigenvalue weighted by molar-refractivity contribution is 7.89. The van der Waals surface area contributed by atoms with Crippen LogP contribution in [0.25, 0.3) is 0 Å². The topological polar surface area (TPSA) is 69.7 Å². The van der Waals surface area contributed by atoms with Crippen molar-refractivity contribution in [2.24, 2.45) is 0 Å². The number of hydrogen-bond acceptors (Lipinski definition) is 4. The molecule has 2 aromatic carbocycles. The van der Waals surface area contributed by atoms with E-state index in [0.717, 1.165) is 11.1 Å². The first kappa shape index (κ1) is 22.7. The zero-order valence-electron chi connectivity index (χ0n) is 17.6. The monoisotopic (exact) mass is 449 g/mol. The van der Waals surface area contributed by atoms with Crippen LogP contribution in [0, 0.1) is 6.92 Å². The van der Waals surface area contributed by atoms with Gasteiger partial charge in [0.1, 0.15) is 0 Å². The van der Waals surface area contributed by atoms with E-state index in [1.807, 2.05) is 30.0 Å². The van der Waals surface area contributed by atoms with Crippen molar-refractivity contribution in [3.05, 3.63) is 58.6 Å². The van der Waals surface area contributed by atoms with Gasteiger partial charge in [0, 0.05) is 36.9 Å². The van der Waals surface area contributed by atoms with E-state index in [4.69, 9.17) is 11.6 Å². The molecule has 0 bridgehead atoms. The maximum absolute atomic E-state index is 12.9. The molecule has 1 aliphatic rings. The Morgan fingerprint density at radius 1 is 1.07 bits per heavy atom. The highest BCUT2D eigenvalue weighted by atomic mass is 35.5. The molecule has 0 radical (unpaired) electrons. The molecule has 1 heterocycles. The molecule has 1 aliphatic heterocycles. The molecule has 3 rings (SSSR count). The maximum Gasteiger partial charge on any atom is 0.243 e. The molecule has 6 nitrogen and oxygen atoms in total. The van der Waals surface area contributed by atoms with Crippen LogP contribution in [0.15, 0.2) is 47.4 Å². The molecule has 8 heteroatoms. The molecule has 2 aromatic rings. The number of carbonyl (C=O) groups is 1. The van der Waals surface area contributed by atoms with Crippen molar-refractivity contribution in [3.63, 3.8) is 0 Å². The van der Waals surface area contributed by atoms with Crippen LogP contribution in [0.1, 0.15) is 30.9 Å². The van der Waals surface area contributed by atoms with Gasteiger partial charge in [0.2, 0.25) is 15.9 Å². The molecule has 0 spiro atoms. The van der Waals surface area contributed by atoms with E-state index >= 15 is 0 Å². The fourth-order valence-corrected chi connectivity index (χ4v) is 5.02. The number of amides is 1. The summed E-state index contributed by atoms with van der Waals surface area (Å²) in [6.45, 7) is 8.00. The lowest BCUT2D eigenvalue weighted by molar-refractivity contribution is -0.117. The van der Waals surface area contributed by atoms with E-state index in [-0.39, 0.29) is 12.5 Å². The van der Waals surface area contributed by atoms with Crippen molar-refractivity contribution in [2.75, 3.05) is 38.0 Å². The Bertz CT molecular complexity index is 999. The van der Waals surface area contributed by atoms with Crippen molar-refractivity contribution in [1.82, 2.24) is 9.21 Å². The first-order chi connectivity index (χ1) is 14.2. The van der Waals surface area contributed by atoms with Gasteiger partial charge in [0.25, 0.3) is 0 Å². The Morgan fingerprint density at radius 2 is 1.70 bits per heavy atom. The largest absolute Gasteiger partial charge is 0.325 e. The molecule has 1 fully saturated rings. The van der Waals surface area contributed by atoms with Gasteiger partial charge >= 0.3 is 0 Å². The Hall–Kier alpha value is -1.93. The Labute approximate surface area is 183 Å². The van der Waals surface area contributed by atoms with Gasteiger partial charge in [0.05, 0.1) is 11.4 Å². The van der Waals surface area contributed by atoms with Crippen molar-refractivity contribution in [2.45, 2.75) is 31.6 Å². The number of hydrogen-bond donors (Lipinski definition) is 1. The molecule has 1 amide bonds. The highest BCUT2D eigenvalue weighted by Gasteiger charge is 2.29. The third-order valence-corrected chi connectivity index (χ3v) is 7.50. The minimum atomic E-state index is -3.52. The van der Waals surface area contributed by atoms with Crippen LogP contribution in [0.3, 0.4) is 0 Å². The minimum Gasteiger partial charge on any atom is -0.325 e. The zero-order valence-corrected chi connectivity index (χ0v) is 19.1. The van der Waals surface area contributed by atoms with Crippen molar-refractivity contribution in [1.29, 1.82) is 0 Å².